The van der Waals surface area contributed by atoms with Gasteiger partial charge in [0.15, 0.2) is 0 Å². The Morgan fingerprint density at radius 3 is 2.60 bits per heavy atom. The lowest BCUT2D eigenvalue weighted by Gasteiger charge is -2.09. The summed E-state index contributed by atoms with van der Waals surface area (Å²) in [5.74, 6) is 0.425. The highest BCUT2D eigenvalue weighted by Crippen LogP contribution is 2.21. The fourth-order valence-electron chi connectivity index (χ4n) is 2.26. The van der Waals surface area contributed by atoms with E-state index in [4.69, 9.17) is 23.2 Å². The number of aromatic nitrogens is 1. The number of carbonyl (C=O) groups excluding carboxylic acids is 1. The van der Waals surface area contributed by atoms with Crippen LogP contribution in [0, 0.1) is 5.92 Å². The van der Waals surface area contributed by atoms with Crippen LogP contribution in [0.1, 0.15) is 36.3 Å². The lowest BCUT2D eigenvalue weighted by atomic mass is 10.1. The average Bonchev–Trinajstić information content (AvgIpc) is 2.57. The minimum absolute atomic E-state index is 0.139. The van der Waals surface area contributed by atoms with Crippen molar-refractivity contribution in [3.63, 3.8) is 0 Å². The number of halogens is 2. The molecule has 0 atom stereocenters. The SMILES string of the molecule is CC(C)CCNC(=O)c1ccc(NCCc2ccc(Cl)cc2Cl)cn1. The highest BCUT2D eigenvalue weighted by molar-refractivity contribution is 6.35. The Kier molecular flexibility index (Phi) is 7.53. The third-order valence-electron chi connectivity index (χ3n) is 3.74. The van der Waals surface area contributed by atoms with E-state index in [2.05, 4.69) is 29.5 Å². The number of rotatable bonds is 8. The van der Waals surface area contributed by atoms with Crippen molar-refractivity contribution in [2.45, 2.75) is 26.7 Å². The molecule has 6 heteroatoms. The molecule has 0 aliphatic carbocycles. The average molecular weight is 380 g/mol. The van der Waals surface area contributed by atoms with Crippen LogP contribution in [0.2, 0.25) is 10.0 Å². The third kappa shape index (κ3) is 6.56. The summed E-state index contributed by atoms with van der Waals surface area (Å²) in [6, 6.07) is 9.08. The number of anilines is 1. The Labute approximate surface area is 158 Å². The Bertz CT molecular complexity index is 702. The van der Waals surface area contributed by atoms with Crippen LogP contribution in [0.4, 0.5) is 5.69 Å². The summed E-state index contributed by atoms with van der Waals surface area (Å²) in [5, 5.41) is 7.45. The second-order valence-electron chi connectivity index (χ2n) is 6.28. The number of pyridine rings is 1. The summed E-state index contributed by atoms with van der Waals surface area (Å²) in [5.41, 5.74) is 2.33. The lowest BCUT2D eigenvalue weighted by molar-refractivity contribution is 0.0947. The van der Waals surface area contributed by atoms with E-state index in [1.807, 2.05) is 18.2 Å². The normalized spacial score (nSPS) is 10.8. The molecule has 1 aromatic heterocycles. The zero-order chi connectivity index (χ0) is 18.2. The van der Waals surface area contributed by atoms with Gasteiger partial charge in [-0.05, 0) is 48.6 Å². The van der Waals surface area contributed by atoms with Gasteiger partial charge in [0.25, 0.3) is 5.91 Å². The fourth-order valence-corrected chi connectivity index (χ4v) is 2.77. The maximum absolute atomic E-state index is 12.0. The van der Waals surface area contributed by atoms with Crippen LogP contribution in [0.25, 0.3) is 0 Å². The Balaban J connectivity index is 1.80. The standard InChI is InChI=1S/C19H23Cl2N3O/c1-13(2)7-9-23-19(25)18-6-5-16(12-24-18)22-10-8-14-3-4-15(20)11-17(14)21/h3-6,11-13,22H,7-10H2,1-2H3,(H,23,25). The quantitative estimate of drug-likeness (QED) is 0.691. The Hall–Kier alpha value is -1.78. The first kappa shape index (κ1) is 19.5. The molecule has 0 saturated carbocycles. The molecule has 0 fully saturated rings. The highest BCUT2D eigenvalue weighted by Gasteiger charge is 2.07. The number of benzene rings is 1. The summed E-state index contributed by atoms with van der Waals surface area (Å²) in [7, 11) is 0. The van der Waals surface area contributed by atoms with E-state index in [-0.39, 0.29) is 5.91 Å². The van der Waals surface area contributed by atoms with E-state index < -0.39 is 0 Å². The van der Waals surface area contributed by atoms with Crippen LogP contribution in [-0.4, -0.2) is 24.0 Å². The van der Waals surface area contributed by atoms with E-state index in [1.54, 1.807) is 18.3 Å². The Morgan fingerprint density at radius 1 is 1.16 bits per heavy atom. The largest absolute Gasteiger partial charge is 0.383 e. The molecule has 0 radical (unpaired) electrons. The van der Waals surface area contributed by atoms with E-state index in [0.29, 0.717) is 34.7 Å². The van der Waals surface area contributed by atoms with Crippen LogP contribution in [0.15, 0.2) is 36.5 Å². The molecule has 1 aromatic carbocycles. The second-order valence-corrected chi connectivity index (χ2v) is 7.13. The lowest BCUT2D eigenvalue weighted by Crippen LogP contribution is -2.26. The summed E-state index contributed by atoms with van der Waals surface area (Å²) in [4.78, 5) is 16.2. The van der Waals surface area contributed by atoms with Crippen molar-refractivity contribution in [1.82, 2.24) is 10.3 Å². The maximum Gasteiger partial charge on any atom is 0.269 e. The molecule has 0 saturated heterocycles. The summed E-state index contributed by atoms with van der Waals surface area (Å²) < 4.78 is 0. The minimum Gasteiger partial charge on any atom is -0.383 e. The van der Waals surface area contributed by atoms with Gasteiger partial charge >= 0.3 is 0 Å². The van der Waals surface area contributed by atoms with Crippen LogP contribution < -0.4 is 10.6 Å². The van der Waals surface area contributed by atoms with Crippen LogP contribution in [0.5, 0.6) is 0 Å². The van der Waals surface area contributed by atoms with E-state index >= 15 is 0 Å². The second kappa shape index (κ2) is 9.64. The van der Waals surface area contributed by atoms with Gasteiger partial charge in [-0.2, -0.15) is 0 Å². The van der Waals surface area contributed by atoms with Crippen molar-refractivity contribution in [2.75, 3.05) is 18.4 Å². The molecule has 4 nitrogen and oxygen atoms in total. The van der Waals surface area contributed by atoms with Gasteiger partial charge in [0.1, 0.15) is 5.69 Å². The van der Waals surface area contributed by atoms with Gasteiger partial charge in [-0.25, -0.2) is 4.98 Å². The first-order valence-corrected chi connectivity index (χ1v) is 9.13. The van der Waals surface area contributed by atoms with Gasteiger partial charge in [0.2, 0.25) is 0 Å². The van der Waals surface area contributed by atoms with Gasteiger partial charge in [0.05, 0.1) is 11.9 Å². The third-order valence-corrected chi connectivity index (χ3v) is 4.33. The number of nitrogens with one attached hydrogen (secondary N) is 2. The van der Waals surface area contributed by atoms with Gasteiger partial charge in [0, 0.05) is 23.1 Å². The van der Waals surface area contributed by atoms with E-state index in [0.717, 1.165) is 24.1 Å². The number of hydrogen-bond donors (Lipinski definition) is 2. The molecular formula is C19H23Cl2N3O. The summed E-state index contributed by atoms with van der Waals surface area (Å²) in [6.45, 7) is 5.63. The molecule has 1 amide bonds. The minimum atomic E-state index is -0.139. The first-order valence-electron chi connectivity index (χ1n) is 8.37. The van der Waals surface area contributed by atoms with Crippen molar-refractivity contribution < 1.29 is 4.79 Å². The van der Waals surface area contributed by atoms with Crippen molar-refractivity contribution in [1.29, 1.82) is 0 Å². The van der Waals surface area contributed by atoms with Gasteiger partial charge in [-0.1, -0.05) is 43.1 Å². The molecular weight excluding hydrogens is 357 g/mol. The molecule has 0 aliphatic heterocycles. The molecule has 0 bridgehead atoms. The van der Waals surface area contributed by atoms with Gasteiger partial charge < -0.3 is 10.6 Å². The predicted molar refractivity (Wildman–Crippen MR) is 105 cm³/mol. The highest BCUT2D eigenvalue weighted by atomic mass is 35.5. The first-order chi connectivity index (χ1) is 12.0. The van der Waals surface area contributed by atoms with Crippen molar-refractivity contribution in [2.24, 2.45) is 5.92 Å². The van der Waals surface area contributed by atoms with Gasteiger partial charge in [-0.15, -0.1) is 0 Å². The van der Waals surface area contributed by atoms with Crippen LogP contribution in [-0.2, 0) is 6.42 Å². The monoisotopic (exact) mass is 379 g/mol. The number of carbonyl (C=O) groups is 1. The molecule has 0 unspecified atom stereocenters. The van der Waals surface area contributed by atoms with E-state index in [1.165, 1.54) is 0 Å². The van der Waals surface area contributed by atoms with Crippen LogP contribution >= 0.6 is 23.2 Å². The fraction of sp³-hybridized carbons (Fsp3) is 0.368. The van der Waals surface area contributed by atoms with Crippen LogP contribution in [0.3, 0.4) is 0 Å². The molecule has 2 rings (SSSR count). The predicted octanol–water partition coefficient (Wildman–Crippen LogP) is 4.82. The zero-order valence-corrected chi connectivity index (χ0v) is 16.0. The van der Waals surface area contributed by atoms with Crippen molar-refractivity contribution in [3.8, 4) is 0 Å². The van der Waals surface area contributed by atoms with Gasteiger partial charge in [-0.3, -0.25) is 4.79 Å². The number of nitrogens with zero attached hydrogens (tertiary/aromatic N) is 1. The summed E-state index contributed by atoms with van der Waals surface area (Å²) in [6.07, 6.45) is 3.40. The molecule has 0 aliphatic rings. The zero-order valence-electron chi connectivity index (χ0n) is 14.5. The summed E-state index contributed by atoms with van der Waals surface area (Å²) >= 11 is 12.1. The van der Waals surface area contributed by atoms with Crippen molar-refractivity contribution >= 4 is 34.8 Å². The maximum atomic E-state index is 12.0. The molecule has 25 heavy (non-hydrogen) atoms. The molecule has 0 spiro atoms. The molecule has 1 heterocycles. The number of amides is 1. The molecule has 2 aromatic rings. The number of hydrogen-bond acceptors (Lipinski definition) is 3. The van der Waals surface area contributed by atoms with E-state index in [9.17, 15) is 4.79 Å². The van der Waals surface area contributed by atoms with Crippen molar-refractivity contribution in [3.05, 3.63) is 57.8 Å². The molecule has 2 N–H and O–H groups in total. The topological polar surface area (TPSA) is 54.0 Å². The Morgan fingerprint density at radius 2 is 1.96 bits per heavy atom. The molecule has 134 valence electrons. The smallest absolute Gasteiger partial charge is 0.269 e.